The quantitative estimate of drug-likeness (QED) is 0.213. The van der Waals surface area contributed by atoms with Crippen molar-refractivity contribution >= 4 is 21.5 Å². The summed E-state index contributed by atoms with van der Waals surface area (Å²) in [5.74, 6) is 3.50. The van der Waals surface area contributed by atoms with Crippen LogP contribution < -0.4 is 16.9 Å². The topological polar surface area (TPSA) is 114 Å². The van der Waals surface area contributed by atoms with Crippen LogP contribution in [0.3, 0.4) is 0 Å². The van der Waals surface area contributed by atoms with Gasteiger partial charge in [0.1, 0.15) is 6.54 Å². The van der Waals surface area contributed by atoms with Crippen LogP contribution in [0.5, 0.6) is 0 Å². The van der Waals surface area contributed by atoms with Gasteiger partial charge in [0.15, 0.2) is 5.96 Å². The van der Waals surface area contributed by atoms with Crippen LogP contribution in [0.1, 0.15) is 0 Å². The Bertz CT molecular complexity index is 133. The molecule has 8 heteroatoms. The Morgan fingerprint density at radius 3 is 2.45 bits per heavy atom. The third-order valence-electron chi connectivity index (χ3n) is 0.555. The molecule has 0 amide bonds. The van der Waals surface area contributed by atoms with E-state index >= 15 is 0 Å². The van der Waals surface area contributed by atoms with Gasteiger partial charge in [-0.1, -0.05) is 0 Å². The number of hydrogen-bond acceptors (Lipinski definition) is 4. The predicted octanol–water partition coefficient (Wildman–Crippen LogP) is -1.43. The number of nitrogens with one attached hydrogen (secondary N) is 2. The molecule has 69 valence electrons. The van der Waals surface area contributed by atoms with Crippen molar-refractivity contribution in [3.8, 4) is 0 Å². The minimum absolute atomic E-state index is 0.175. The van der Waals surface area contributed by atoms with Gasteiger partial charge in [-0.3, -0.25) is 5.41 Å². The Kier molecular flexibility index (Phi) is 11.6. The molecule has 0 aliphatic carbocycles. The third kappa shape index (κ3) is 12.8. The second kappa shape index (κ2) is 9.65. The van der Waals surface area contributed by atoms with E-state index in [9.17, 15) is 4.79 Å². The minimum atomic E-state index is -0.662. The van der Waals surface area contributed by atoms with Gasteiger partial charge < -0.3 is 15.9 Å². The maximum absolute atomic E-state index is 10.2. The predicted molar refractivity (Wildman–Crippen MR) is 36.0 cm³/mol. The summed E-state index contributed by atoms with van der Waals surface area (Å²) in [5, 5.41) is 8.78. The molecule has 11 heavy (non-hydrogen) atoms. The van der Waals surface area contributed by atoms with E-state index in [1.807, 2.05) is 0 Å². The zero-order valence-electron chi connectivity index (χ0n) is 5.37. The zero-order valence-corrected chi connectivity index (χ0v) is 7.68. The van der Waals surface area contributed by atoms with Gasteiger partial charge in [-0.05, 0) is 0 Å². The molecule has 0 bridgehead atoms. The molecule has 0 fully saturated rings. The molecule has 6 nitrogen and oxygen atoms in total. The summed E-state index contributed by atoms with van der Waals surface area (Å²) < 4.78 is 0. The molecule has 0 heterocycles. The summed E-state index contributed by atoms with van der Waals surface area (Å²) in [4.78, 5) is 13.9. The summed E-state index contributed by atoms with van der Waals surface area (Å²) >= 11 is 2.22. The summed E-state index contributed by atoms with van der Waals surface area (Å²) in [7, 11) is 4.49. The molecule has 0 spiro atoms. The summed E-state index contributed by atoms with van der Waals surface area (Å²) in [6, 6.07) is 0. The van der Waals surface area contributed by atoms with Crippen LogP contribution in [-0.4, -0.2) is 18.5 Å². The molecular weight excluding hydrogens is 266 g/mol. The molecule has 0 unspecified atom stereocenters. The maximum atomic E-state index is 10.2. The van der Waals surface area contributed by atoms with E-state index in [0.29, 0.717) is 0 Å². The van der Waals surface area contributed by atoms with Crippen LogP contribution in [0, 0.1) is 5.41 Å². The molecule has 0 aromatic heterocycles. The number of hydrogen-bond donors (Lipinski definition) is 4. The van der Waals surface area contributed by atoms with Gasteiger partial charge in [-0.2, -0.15) is 5.90 Å². The van der Waals surface area contributed by atoms with Crippen LogP contribution in [0.25, 0.3) is 0 Å². The second-order valence-corrected chi connectivity index (χ2v) is 1.26. The third-order valence-corrected chi connectivity index (χ3v) is 0.555. The second-order valence-electron chi connectivity index (χ2n) is 1.26. The average Bonchev–Trinajstić information content (AvgIpc) is 2.04. The average molecular weight is 274 g/mol. The van der Waals surface area contributed by atoms with Gasteiger partial charge >= 0.3 is 33.7 Å². The molecule has 0 aliphatic rings. The number of rotatable bonds is 2. The first-order chi connectivity index (χ1) is 5.16. The monoisotopic (exact) mass is 273 g/mol. The zero-order chi connectivity index (χ0) is 9.28. The molecule has 0 radical (unpaired) electrons. The molecule has 0 atom stereocenters. The number of nitrogens with two attached hydrogens (primary N) is 2. The molecule has 0 saturated carbocycles. The molecule has 0 aromatic rings. The Labute approximate surface area is 78.4 Å². The van der Waals surface area contributed by atoms with E-state index in [1.54, 1.807) is 0 Å². The van der Waals surface area contributed by atoms with Gasteiger partial charge in [0.2, 0.25) is 0 Å². The van der Waals surface area contributed by atoms with Gasteiger partial charge in [0.05, 0.1) is 0 Å². The standard InChI is InChI=1S/C3H8N4O2.ClH.Pd/c4-3(5)7-1-2(8)9-6;;/h1,6H2,(H4,4,5,7);1H;/q;;+1/p-1. The van der Waals surface area contributed by atoms with E-state index < -0.39 is 5.97 Å². The van der Waals surface area contributed by atoms with Crippen molar-refractivity contribution < 1.29 is 27.8 Å². The Morgan fingerprint density at radius 1 is 1.73 bits per heavy atom. The fourth-order valence-electron chi connectivity index (χ4n) is 0.209. The summed E-state index contributed by atoms with van der Waals surface area (Å²) in [6.45, 7) is -0.175. The molecule has 0 aromatic carbocycles. The first kappa shape index (κ1) is 13.3. The fraction of sp³-hybridized carbons (Fsp3) is 0.333. The van der Waals surface area contributed by atoms with Crippen LogP contribution in [0.4, 0.5) is 0 Å². The first-order valence-corrected chi connectivity index (χ1v) is 4.26. The van der Waals surface area contributed by atoms with Crippen molar-refractivity contribution in [2.24, 2.45) is 11.6 Å². The number of carbonyl (C=O) groups excluding carboxylic acids is 1. The van der Waals surface area contributed by atoms with Gasteiger partial charge in [0, 0.05) is 0 Å². The Balaban J connectivity index is 0. The molecular formula is C3H8ClN4O2Pd. The van der Waals surface area contributed by atoms with Gasteiger partial charge in [-0.15, -0.1) is 0 Å². The normalized spacial score (nSPS) is 7.27. The Morgan fingerprint density at radius 2 is 2.18 bits per heavy atom. The van der Waals surface area contributed by atoms with E-state index in [1.165, 1.54) is 0 Å². The molecule has 0 aliphatic heterocycles. The van der Waals surface area contributed by atoms with Crippen molar-refractivity contribution in [3.63, 3.8) is 0 Å². The molecule has 6 N–H and O–H groups in total. The summed E-state index contributed by atoms with van der Waals surface area (Å²) in [5.41, 5.74) is 4.82. The number of guanidine groups is 1. The number of carbonyl (C=O) groups is 1. The van der Waals surface area contributed by atoms with Crippen molar-refractivity contribution in [1.82, 2.24) is 5.32 Å². The molecule has 0 saturated heterocycles. The van der Waals surface area contributed by atoms with Crippen molar-refractivity contribution in [2.75, 3.05) is 6.54 Å². The van der Waals surface area contributed by atoms with Crippen molar-refractivity contribution in [1.29, 1.82) is 5.41 Å². The van der Waals surface area contributed by atoms with Crippen LogP contribution in [0.15, 0.2) is 0 Å². The summed E-state index contributed by atoms with van der Waals surface area (Å²) in [6.07, 6.45) is 0. The SMILES string of the molecule is N=C(N)NCC(=O)ON.[Cl][Pd]. The molecule has 0 rings (SSSR count). The van der Waals surface area contributed by atoms with E-state index in [4.69, 9.17) is 11.1 Å². The fourth-order valence-corrected chi connectivity index (χ4v) is 0.209. The van der Waals surface area contributed by atoms with Crippen LogP contribution in [0.2, 0.25) is 0 Å². The first-order valence-electron chi connectivity index (χ1n) is 2.26. The van der Waals surface area contributed by atoms with E-state index in [2.05, 4.69) is 43.8 Å². The van der Waals surface area contributed by atoms with E-state index in [-0.39, 0.29) is 12.5 Å². The van der Waals surface area contributed by atoms with Crippen molar-refractivity contribution in [2.45, 2.75) is 0 Å². The van der Waals surface area contributed by atoms with Gasteiger partial charge in [0.25, 0.3) is 0 Å². The Hall–Kier alpha value is -0.348. The number of halogens is 1. The van der Waals surface area contributed by atoms with Crippen molar-refractivity contribution in [3.05, 3.63) is 0 Å². The van der Waals surface area contributed by atoms with Crippen LogP contribution in [-0.2, 0) is 27.8 Å². The van der Waals surface area contributed by atoms with Crippen LogP contribution >= 0.6 is 9.53 Å². The van der Waals surface area contributed by atoms with E-state index in [0.717, 1.165) is 0 Å². The van der Waals surface area contributed by atoms with Gasteiger partial charge in [-0.25, -0.2) is 4.79 Å².